The maximum atomic E-state index is 11.4. The molecule has 2 heteroatoms. The van der Waals surface area contributed by atoms with Crippen LogP contribution in [0.4, 0.5) is 0 Å². The molecule has 0 aromatic carbocycles. The topological polar surface area (TPSA) is 26.3 Å². The first-order valence-corrected chi connectivity index (χ1v) is 5.25. The number of hydrogen-bond acceptors (Lipinski definition) is 2. The number of rotatable bonds is 2. The van der Waals surface area contributed by atoms with E-state index in [4.69, 9.17) is 4.74 Å². The standard InChI is InChI=1S/C11H14O2/c12-11(8-3-4-8)13-10-6-7-1-2-9(10)5-7/h7-8H,1-6H2. The number of allylic oxidation sites excluding steroid dienone is 2. The molecule has 3 aliphatic carbocycles. The Balaban J connectivity index is 1.69. The van der Waals surface area contributed by atoms with E-state index in [0.717, 1.165) is 30.9 Å². The summed E-state index contributed by atoms with van der Waals surface area (Å²) >= 11 is 0. The van der Waals surface area contributed by atoms with E-state index in [0.29, 0.717) is 0 Å². The lowest BCUT2D eigenvalue weighted by Crippen LogP contribution is -2.08. The lowest BCUT2D eigenvalue weighted by atomic mass is 10.1. The molecule has 1 unspecified atom stereocenters. The summed E-state index contributed by atoms with van der Waals surface area (Å²) in [6.07, 6.45) is 6.83. The van der Waals surface area contributed by atoms with Crippen LogP contribution in [0.5, 0.6) is 0 Å². The largest absolute Gasteiger partial charge is 0.431 e. The summed E-state index contributed by atoms with van der Waals surface area (Å²) in [5.74, 6) is 2.12. The number of carbonyl (C=O) groups excluding carboxylic acids is 1. The van der Waals surface area contributed by atoms with Gasteiger partial charge in [0.05, 0.1) is 5.92 Å². The molecule has 1 atom stereocenters. The summed E-state index contributed by atoms with van der Waals surface area (Å²) in [6.45, 7) is 0. The molecule has 0 N–H and O–H groups in total. The Labute approximate surface area is 78.0 Å². The van der Waals surface area contributed by atoms with Gasteiger partial charge in [-0.1, -0.05) is 0 Å². The van der Waals surface area contributed by atoms with E-state index in [2.05, 4.69) is 0 Å². The molecule has 13 heavy (non-hydrogen) atoms. The first-order valence-electron chi connectivity index (χ1n) is 5.25. The summed E-state index contributed by atoms with van der Waals surface area (Å²) in [5.41, 5.74) is 1.43. The van der Waals surface area contributed by atoms with E-state index < -0.39 is 0 Å². The zero-order chi connectivity index (χ0) is 8.84. The summed E-state index contributed by atoms with van der Waals surface area (Å²) in [6, 6.07) is 0. The van der Waals surface area contributed by atoms with Crippen molar-refractivity contribution in [2.75, 3.05) is 0 Å². The lowest BCUT2D eigenvalue weighted by Gasteiger charge is -2.11. The van der Waals surface area contributed by atoms with E-state index in [9.17, 15) is 4.79 Å². The molecule has 0 radical (unpaired) electrons. The molecule has 3 aliphatic rings. The number of ether oxygens (including phenoxy) is 1. The highest BCUT2D eigenvalue weighted by atomic mass is 16.5. The smallest absolute Gasteiger partial charge is 0.314 e. The van der Waals surface area contributed by atoms with Gasteiger partial charge in [0.15, 0.2) is 0 Å². The Kier molecular flexibility index (Phi) is 1.52. The molecule has 0 heterocycles. The monoisotopic (exact) mass is 178 g/mol. The van der Waals surface area contributed by atoms with Crippen LogP contribution in [0.25, 0.3) is 0 Å². The molecule has 2 bridgehead atoms. The Hall–Kier alpha value is -0.790. The molecular weight excluding hydrogens is 164 g/mol. The van der Waals surface area contributed by atoms with Crippen LogP contribution in [0.3, 0.4) is 0 Å². The summed E-state index contributed by atoms with van der Waals surface area (Å²) in [7, 11) is 0. The lowest BCUT2D eigenvalue weighted by molar-refractivity contribution is -0.141. The average Bonchev–Trinajstić information content (AvgIpc) is 2.79. The van der Waals surface area contributed by atoms with Gasteiger partial charge in [-0.25, -0.2) is 0 Å². The zero-order valence-corrected chi connectivity index (χ0v) is 7.71. The number of carbonyl (C=O) groups is 1. The Morgan fingerprint density at radius 1 is 1.23 bits per heavy atom. The number of hydrogen-bond donors (Lipinski definition) is 0. The van der Waals surface area contributed by atoms with Crippen LogP contribution in [-0.2, 0) is 9.53 Å². The third-order valence-electron chi connectivity index (χ3n) is 3.39. The molecule has 3 rings (SSSR count). The quantitative estimate of drug-likeness (QED) is 0.607. The minimum absolute atomic E-state index is 0.0371. The second kappa shape index (κ2) is 2.60. The van der Waals surface area contributed by atoms with E-state index in [-0.39, 0.29) is 11.9 Å². The Morgan fingerprint density at radius 2 is 2.08 bits per heavy atom. The molecule has 0 amide bonds. The van der Waals surface area contributed by atoms with E-state index in [1.54, 1.807) is 0 Å². The van der Waals surface area contributed by atoms with Crippen LogP contribution in [0.15, 0.2) is 11.3 Å². The number of esters is 1. The van der Waals surface area contributed by atoms with E-state index in [1.165, 1.54) is 24.8 Å². The molecule has 0 aromatic rings. The molecule has 2 saturated carbocycles. The first-order chi connectivity index (χ1) is 6.33. The van der Waals surface area contributed by atoms with Crippen molar-refractivity contribution in [2.24, 2.45) is 11.8 Å². The summed E-state index contributed by atoms with van der Waals surface area (Å²) in [4.78, 5) is 11.4. The average molecular weight is 178 g/mol. The number of fused-ring (bicyclic) bond motifs is 2. The molecule has 2 fully saturated rings. The third kappa shape index (κ3) is 1.28. The van der Waals surface area contributed by atoms with Crippen LogP contribution < -0.4 is 0 Å². The van der Waals surface area contributed by atoms with Crippen molar-refractivity contribution < 1.29 is 9.53 Å². The maximum absolute atomic E-state index is 11.4. The van der Waals surface area contributed by atoms with Crippen molar-refractivity contribution in [1.29, 1.82) is 0 Å². The van der Waals surface area contributed by atoms with Crippen LogP contribution >= 0.6 is 0 Å². The fraction of sp³-hybridized carbons (Fsp3) is 0.727. The van der Waals surface area contributed by atoms with Gasteiger partial charge in [0.1, 0.15) is 5.76 Å². The Morgan fingerprint density at radius 3 is 2.62 bits per heavy atom. The van der Waals surface area contributed by atoms with Crippen LogP contribution in [0.1, 0.15) is 38.5 Å². The van der Waals surface area contributed by atoms with Gasteiger partial charge in [-0.2, -0.15) is 0 Å². The van der Waals surface area contributed by atoms with Crippen LogP contribution in [0, 0.1) is 11.8 Å². The predicted octanol–water partition coefficient (Wildman–Crippen LogP) is 2.40. The normalized spacial score (nSPS) is 31.2. The van der Waals surface area contributed by atoms with Crippen molar-refractivity contribution in [3.05, 3.63) is 11.3 Å². The van der Waals surface area contributed by atoms with Crippen molar-refractivity contribution in [1.82, 2.24) is 0 Å². The molecular formula is C11H14O2. The maximum Gasteiger partial charge on any atom is 0.314 e. The molecule has 0 aliphatic heterocycles. The van der Waals surface area contributed by atoms with Crippen molar-refractivity contribution >= 4 is 5.97 Å². The minimum atomic E-state index is 0.0371. The first kappa shape index (κ1) is 7.60. The highest BCUT2D eigenvalue weighted by Gasteiger charge is 2.36. The molecule has 2 nitrogen and oxygen atoms in total. The van der Waals surface area contributed by atoms with E-state index in [1.807, 2.05) is 0 Å². The third-order valence-corrected chi connectivity index (χ3v) is 3.39. The summed E-state index contributed by atoms with van der Waals surface area (Å²) in [5, 5.41) is 0. The zero-order valence-electron chi connectivity index (χ0n) is 7.71. The summed E-state index contributed by atoms with van der Waals surface area (Å²) < 4.78 is 5.41. The van der Waals surface area contributed by atoms with Gasteiger partial charge in [0, 0.05) is 6.42 Å². The van der Waals surface area contributed by atoms with Gasteiger partial charge in [0.25, 0.3) is 0 Å². The van der Waals surface area contributed by atoms with Gasteiger partial charge in [-0.3, -0.25) is 4.79 Å². The van der Waals surface area contributed by atoms with Gasteiger partial charge in [-0.15, -0.1) is 0 Å². The second-order valence-electron chi connectivity index (χ2n) is 4.54. The molecule has 0 saturated heterocycles. The van der Waals surface area contributed by atoms with Gasteiger partial charge < -0.3 is 4.74 Å². The van der Waals surface area contributed by atoms with Crippen LogP contribution in [0.2, 0.25) is 0 Å². The van der Waals surface area contributed by atoms with Gasteiger partial charge >= 0.3 is 5.97 Å². The van der Waals surface area contributed by atoms with Crippen molar-refractivity contribution in [3.8, 4) is 0 Å². The molecule has 0 spiro atoms. The van der Waals surface area contributed by atoms with E-state index >= 15 is 0 Å². The fourth-order valence-corrected chi connectivity index (χ4v) is 2.40. The minimum Gasteiger partial charge on any atom is -0.431 e. The van der Waals surface area contributed by atoms with Gasteiger partial charge in [-0.05, 0) is 43.6 Å². The predicted molar refractivity (Wildman–Crippen MR) is 47.8 cm³/mol. The van der Waals surface area contributed by atoms with Crippen molar-refractivity contribution in [3.63, 3.8) is 0 Å². The Bertz CT molecular complexity index is 286. The van der Waals surface area contributed by atoms with Crippen molar-refractivity contribution in [2.45, 2.75) is 38.5 Å². The second-order valence-corrected chi connectivity index (χ2v) is 4.54. The SMILES string of the molecule is O=C(OC1=C2CCC(C2)C1)C1CC1. The van der Waals surface area contributed by atoms with Crippen LogP contribution in [-0.4, -0.2) is 5.97 Å². The molecule has 0 aromatic heterocycles. The highest BCUT2D eigenvalue weighted by molar-refractivity contribution is 5.76. The highest BCUT2D eigenvalue weighted by Crippen LogP contribution is 2.45. The fourth-order valence-electron chi connectivity index (χ4n) is 2.40. The van der Waals surface area contributed by atoms with Gasteiger partial charge in [0.2, 0.25) is 0 Å². The molecule has 70 valence electrons.